The second-order valence-corrected chi connectivity index (χ2v) is 9.10. The summed E-state index contributed by atoms with van der Waals surface area (Å²) in [6.45, 7) is 6.04. The second kappa shape index (κ2) is 6.99. The van der Waals surface area contributed by atoms with E-state index >= 15 is 0 Å². The number of rotatable bonds is 4. The average molecular weight is 396 g/mol. The molecule has 1 heterocycles. The number of anilines is 1. The Morgan fingerprint density at radius 1 is 1.31 bits per heavy atom. The third-order valence-corrected chi connectivity index (χ3v) is 6.05. The predicted molar refractivity (Wildman–Crippen MR) is 111 cm³/mol. The molecule has 0 aliphatic heterocycles. The van der Waals surface area contributed by atoms with Crippen LogP contribution in [-0.4, -0.2) is 38.7 Å². The minimum atomic E-state index is -0.526. The van der Waals surface area contributed by atoms with Crippen LogP contribution in [0.2, 0.25) is 0 Å². The molecule has 7 nitrogen and oxygen atoms in total. The number of hydrogen-bond donors (Lipinski definition) is 3. The lowest BCUT2D eigenvalue weighted by molar-refractivity contribution is 0.0909. The molecule has 0 spiro atoms. The molecule has 1 saturated carbocycles. The Labute approximate surface area is 170 Å². The van der Waals surface area contributed by atoms with Crippen molar-refractivity contribution in [3.8, 4) is 5.69 Å². The zero-order chi connectivity index (χ0) is 20.9. The van der Waals surface area contributed by atoms with E-state index in [1.165, 1.54) is 0 Å². The highest BCUT2D eigenvalue weighted by atomic mass is 16.3. The number of fused-ring (bicyclic) bond motifs is 1. The van der Waals surface area contributed by atoms with E-state index in [0.717, 1.165) is 42.8 Å². The number of carbonyl (C=O) groups is 2. The van der Waals surface area contributed by atoms with Gasteiger partial charge >= 0.3 is 0 Å². The summed E-state index contributed by atoms with van der Waals surface area (Å²) in [4.78, 5) is 24.6. The second-order valence-electron chi connectivity index (χ2n) is 9.10. The van der Waals surface area contributed by atoms with Crippen molar-refractivity contribution in [1.29, 1.82) is 0 Å². The molecular formula is C22H28N4O3. The van der Waals surface area contributed by atoms with Crippen molar-refractivity contribution in [2.75, 3.05) is 5.32 Å². The van der Waals surface area contributed by atoms with Crippen molar-refractivity contribution in [2.24, 2.45) is 11.1 Å². The molecule has 2 aliphatic carbocycles. The number of ketones is 1. The van der Waals surface area contributed by atoms with E-state index in [9.17, 15) is 14.7 Å². The van der Waals surface area contributed by atoms with Crippen molar-refractivity contribution < 1.29 is 14.7 Å². The molecule has 4 rings (SSSR count). The van der Waals surface area contributed by atoms with Crippen LogP contribution < -0.4 is 11.1 Å². The van der Waals surface area contributed by atoms with Gasteiger partial charge in [-0.2, -0.15) is 5.10 Å². The van der Waals surface area contributed by atoms with E-state index in [-0.39, 0.29) is 17.2 Å². The topological polar surface area (TPSA) is 110 Å². The maximum absolute atomic E-state index is 12.7. The number of primary amides is 1. The maximum atomic E-state index is 12.7. The number of nitrogens with two attached hydrogens (primary N) is 1. The van der Waals surface area contributed by atoms with Crippen LogP contribution in [0.25, 0.3) is 5.69 Å². The number of Topliss-reactive ketones (excluding diaryl/α,β-unsaturated/α-hetero) is 1. The van der Waals surface area contributed by atoms with Crippen LogP contribution in [-0.2, 0) is 6.42 Å². The third-order valence-electron chi connectivity index (χ3n) is 6.05. The van der Waals surface area contributed by atoms with Gasteiger partial charge in [-0.3, -0.25) is 9.59 Å². The summed E-state index contributed by atoms with van der Waals surface area (Å²) in [6, 6.07) is 5.21. The molecule has 1 fully saturated rings. The van der Waals surface area contributed by atoms with E-state index < -0.39 is 12.0 Å². The lowest BCUT2D eigenvalue weighted by Gasteiger charge is -2.29. The molecule has 0 saturated heterocycles. The molecule has 0 radical (unpaired) electrons. The van der Waals surface area contributed by atoms with Crippen molar-refractivity contribution >= 4 is 17.4 Å². The first-order valence-corrected chi connectivity index (χ1v) is 10.2. The maximum Gasteiger partial charge on any atom is 0.250 e. The van der Waals surface area contributed by atoms with Crippen LogP contribution in [0, 0.1) is 12.3 Å². The van der Waals surface area contributed by atoms with Crippen LogP contribution in [0.5, 0.6) is 0 Å². The summed E-state index contributed by atoms with van der Waals surface area (Å²) >= 11 is 0. The first kappa shape index (κ1) is 19.6. The van der Waals surface area contributed by atoms with Crippen LogP contribution in [0.1, 0.15) is 71.6 Å². The fourth-order valence-corrected chi connectivity index (χ4v) is 4.66. The van der Waals surface area contributed by atoms with Gasteiger partial charge in [-0.05, 0) is 56.2 Å². The molecule has 2 aliphatic rings. The number of aliphatic hydroxyl groups is 1. The van der Waals surface area contributed by atoms with Gasteiger partial charge in [0.1, 0.15) is 0 Å². The van der Waals surface area contributed by atoms with Gasteiger partial charge in [-0.1, -0.05) is 13.8 Å². The standard InChI is InChI=1S/C22H28N4O3/c1-12-20-17(10-22(2,3)11-19(20)28)26(25-12)13-7-8-14(21(23)29)16(9-13)24-15-5-4-6-18(15)27/h7-9,15,18,24,27H,4-6,10-11H2,1-3H3,(H2,23,29)/t15-,18-/m0/s1. The Hall–Kier alpha value is -2.67. The highest BCUT2D eigenvalue weighted by Gasteiger charge is 2.36. The molecule has 2 atom stereocenters. The number of benzene rings is 1. The highest BCUT2D eigenvalue weighted by molar-refractivity contribution is 6.00. The number of nitrogens with zero attached hydrogens (tertiary/aromatic N) is 2. The summed E-state index contributed by atoms with van der Waals surface area (Å²) < 4.78 is 1.81. The van der Waals surface area contributed by atoms with Crippen LogP contribution >= 0.6 is 0 Å². The summed E-state index contributed by atoms with van der Waals surface area (Å²) in [5.41, 5.74) is 9.51. The van der Waals surface area contributed by atoms with Gasteiger partial charge < -0.3 is 16.2 Å². The molecule has 2 aromatic rings. The van der Waals surface area contributed by atoms with Crippen LogP contribution in [0.15, 0.2) is 18.2 Å². The Kier molecular flexibility index (Phi) is 4.73. The fourth-order valence-electron chi connectivity index (χ4n) is 4.66. The third kappa shape index (κ3) is 3.55. The van der Waals surface area contributed by atoms with Gasteiger partial charge in [0.15, 0.2) is 5.78 Å². The van der Waals surface area contributed by atoms with E-state index in [0.29, 0.717) is 23.2 Å². The van der Waals surface area contributed by atoms with E-state index in [4.69, 9.17) is 5.73 Å². The summed E-state index contributed by atoms with van der Waals surface area (Å²) in [6.07, 6.45) is 3.33. The largest absolute Gasteiger partial charge is 0.391 e. The van der Waals surface area contributed by atoms with E-state index in [1.807, 2.05) is 17.7 Å². The molecule has 29 heavy (non-hydrogen) atoms. The van der Waals surface area contributed by atoms with E-state index in [1.54, 1.807) is 12.1 Å². The van der Waals surface area contributed by atoms with Crippen molar-refractivity contribution in [3.05, 3.63) is 40.7 Å². The SMILES string of the molecule is Cc1nn(-c2ccc(C(N)=O)c(N[C@H]3CCC[C@@H]3O)c2)c2c1C(=O)CC(C)(C)C2. The number of amides is 1. The monoisotopic (exact) mass is 396 g/mol. The molecule has 0 unspecified atom stereocenters. The normalized spacial score (nSPS) is 23.1. The molecule has 1 aromatic heterocycles. The number of aromatic nitrogens is 2. The van der Waals surface area contributed by atoms with Gasteiger partial charge in [-0.15, -0.1) is 0 Å². The molecule has 0 bridgehead atoms. The van der Waals surface area contributed by atoms with Crippen molar-refractivity contribution in [3.63, 3.8) is 0 Å². The minimum absolute atomic E-state index is 0.114. The summed E-state index contributed by atoms with van der Waals surface area (Å²) in [7, 11) is 0. The lowest BCUT2D eigenvalue weighted by atomic mass is 9.75. The molecule has 7 heteroatoms. The number of carbonyl (C=O) groups excluding carboxylic acids is 2. The quantitative estimate of drug-likeness (QED) is 0.736. The zero-order valence-corrected chi connectivity index (χ0v) is 17.2. The van der Waals surface area contributed by atoms with Gasteiger partial charge in [0, 0.05) is 12.1 Å². The zero-order valence-electron chi connectivity index (χ0n) is 17.2. The first-order valence-electron chi connectivity index (χ1n) is 10.2. The van der Waals surface area contributed by atoms with Gasteiger partial charge in [-0.25, -0.2) is 4.68 Å². The van der Waals surface area contributed by atoms with Crippen LogP contribution in [0.4, 0.5) is 5.69 Å². The lowest BCUT2D eigenvalue weighted by Crippen LogP contribution is -2.29. The Bertz CT molecular complexity index is 992. The molecule has 154 valence electrons. The Balaban J connectivity index is 1.79. The van der Waals surface area contributed by atoms with E-state index in [2.05, 4.69) is 24.3 Å². The Morgan fingerprint density at radius 2 is 2.07 bits per heavy atom. The van der Waals surface area contributed by atoms with Crippen molar-refractivity contribution in [1.82, 2.24) is 9.78 Å². The summed E-state index contributed by atoms with van der Waals surface area (Å²) in [5.74, 6) is -0.400. The molecule has 1 aromatic carbocycles. The van der Waals surface area contributed by atoms with Gasteiger partial charge in [0.25, 0.3) is 5.91 Å². The first-order chi connectivity index (χ1) is 13.7. The fraction of sp³-hybridized carbons (Fsp3) is 0.500. The van der Waals surface area contributed by atoms with Gasteiger partial charge in [0.2, 0.25) is 0 Å². The Morgan fingerprint density at radius 3 is 2.72 bits per heavy atom. The smallest absolute Gasteiger partial charge is 0.250 e. The van der Waals surface area contributed by atoms with Crippen LogP contribution in [0.3, 0.4) is 0 Å². The number of hydrogen-bond acceptors (Lipinski definition) is 5. The average Bonchev–Trinajstić information content (AvgIpc) is 3.17. The number of aliphatic hydroxyl groups excluding tert-OH is 1. The number of nitrogens with one attached hydrogen (secondary N) is 1. The molecule has 4 N–H and O–H groups in total. The summed E-state index contributed by atoms with van der Waals surface area (Å²) in [5, 5.41) is 18.1. The minimum Gasteiger partial charge on any atom is -0.391 e. The highest BCUT2D eigenvalue weighted by Crippen LogP contribution is 2.37. The van der Waals surface area contributed by atoms with Crippen molar-refractivity contribution in [2.45, 2.75) is 65.0 Å². The number of aryl methyl sites for hydroxylation is 1. The predicted octanol–water partition coefficient (Wildman–Crippen LogP) is 2.76. The molecule has 1 amide bonds. The molecular weight excluding hydrogens is 368 g/mol. The van der Waals surface area contributed by atoms with Gasteiger partial charge in [0.05, 0.1) is 40.3 Å².